The molecule has 4 heteroatoms. The van der Waals surface area contributed by atoms with Crippen molar-refractivity contribution in [3.8, 4) is 0 Å². The fraction of sp³-hybridized carbons (Fsp3) is 0.444. The summed E-state index contributed by atoms with van der Waals surface area (Å²) in [6.07, 6.45) is 6.92. The summed E-state index contributed by atoms with van der Waals surface area (Å²) in [5.41, 5.74) is 2.02. The van der Waals surface area contributed by atoms with Gasteiger partial charge in [0.1, 0.15) is 0 Å². The third kappa shape index (κ3) is 2.78. The lowest BCUT2D eigenvalue weighted by Crippen LogP contribution is -2.38. The Hall–Kier alpha value is -2.10. The maximum atomic E-state index is 12.7. The van der Waals surface area contributed by atoms with Crippen molar-refractivity contribution < 1.29 is 4.79 Å². The second-order valence-electron chi connectivity index (χ2n) is 6.02. The standard InChI is InChI=1S/C18H23N3O/c1-3-21-13-15(12-19-21)18(22)20(2)17-11-7-10-16(17)14-8-5-4-6-9-14/h4-6,8-9,12-13,16-17H,3,7,10-11H2,1-2H3/t16-,17-/m1/s1. The van der Waals surface area contributed by atoms with E-state index in [0.29, 0.717) is 11.5 Å². The van der Waals surface area contributed by atoms with Crippen molar-refractivity contribution in [1.29, 1.82) is 0 Å². The minimum Gasteiger partial charge on any atom is -0.338 e. The van der Waals surface area contributed by atoms with Gasteiger partial charge in [-0.05, 0) is 25.3 Å². The molecule has 0 unspecified atom stereocenters. The van der Waals surface area contributed by atoms with Crippen molar-refractivity contribution in [2.75, 3.05) is 7.05 Å². The summed E-state index contributed by atoms with van der Waals surface area (Å²) in [6.45, 7) is 2.81. The first-order chi connectivity index (χ1) is 10.7. The van der Waals surface area contributed by atoms with Gasteiger partial charge in [0, 0.05) is 31.7 Å². The second-order valence-corrected chi connectivity index (χ2v) is 6.02. The minimum absolute atomic E-state index is 0.0764. The van der Waals surface area contributed by atoms with Crippen molar-refractivity contribution >= 4 is 5.91 Å². The summed E-state index contributed by atoms with van der Waals surface area (Å²) in [5, 5.41) is 4.21. The molecule has 3 rings (SSSR count). The van der Waals surface area contributed by atoms with Gasteiger partial charge in [0.05, 0.1) is 11.8 Å². The highest BCUT2D eigenvalue weighted by Gasteiger charge is 2.34. The van der Waals surface area contributed by atoms with Crippen LogP contribution in [-0.4, -0.2) is 33.7 Å². The zero-order valence-electron chi connectivity index (χ0n) is 13.3. The Kier molecular flexibility index (Phi) is 4.27. The smallest absolute Gasteiger partial charge is 0.257 e. The van der Waals surface area contributed by atoms with Gasteiger partial charge in [-0.3, -0.25) is 9.48 Å². The van der Waals surface area contributed by atoms with Gasteiger partial charge in [-0.2, -0.15) is 5.10 Å². The molecule has 0 aliphatic heterocycles. The molecule has 0 radical (unpaired) electrons. The third-order valence-electron chi connectivity index (χ3n) is 4.73. The average molecular weight is 297 g/mol. The number of amides is 1. The van der Waals surface area contributed by atoms with E-state index in [4.69, 9.17) is 0 Å². The van der Waals surface area contributed by atoms with Crippen LogP contribution in [0, 0.1) is 0 Å². The van der Waals surface area contributed by atoms with Crippen molar-refractivity contribution in [3.63, 3.8) is 0 Å². The summed E-state index contributed by atoms with van der Waals surface area (Å²) < 4.78 is 1.80. The average Bonchev–Trinajstić information content (AvgIpc) is 3.23. The lowest BCUT2D eigenvalue weighted by molar-refractivity contribution is 0.0722. The van der Waals surface area contributed by atoms with Crippen LogP contribution in [0.15, 0.2) is 42.7 Å². The van der Waals surface area contributed by atoms with Crippen LogP contribution >= 0.6 is 0 Å². The van der Waals surface area contributed by atoms with Gasteiger partial charge in [-0.25, -0.2) is 0 Å². The fourth-order valence-corrected chi connectivity index (χ4v) is 3.49. The van der Waals surface area contributed by atoms with Gasteiger partial charge < -0.3 is 4.90 Å². The van der Waals surface area contributed by atoms with Gasteiger partial charge >= 0.3 is 0 Å². The van der Waals surface area contributed by atoms with Crippen LogP contribution in [0.4, 0.5) is 0 Å². The van der Waals surface area contributed by atoms with E-state index in [1.54, 1.807) is 10.9 Å². The van der Waals surface area contributed by atoms with E-state index in [2.05, 4.69) is 29.4 Å². The van der Waals surface area contributed by atoms with Crippen molar-refractivity contribution in [2.45, 2.75) is 44.7 Å². The van der Waals surface area contributed by atoms with Gasteiger partial charge in [0.2, 0.25) is 0 Å². The first kappa shape index (κ1) is 14.8. The predicted octanol–water partition coefficient (Wildman–Crippen LogP) is 3.31. The van der Waals surface area contributed by atoms with Crippen LogP contribution in [0.5, 0.6) is 0 Å². The normalized spacial score (nSPS) is 21.0. The van der Waals surface area contributed by atoms with Crippen LogP contribution < -0.4 is 0 Å². The van der Waals surface area contributed by atoms with Gasteiger partial charge in [-0.15, -0.1) is 0 Å². The number of aryl methyl sites for hydroxylation is 1. The lowest BCUT2D eigenvalue weighted by Gasteiger charge is -2.30. The number of likely N-dealkylation sites (N-methyl/N-ethyl adjacent to an activating group) is 1. The number of aromatic nitrogens is 2. The van der Waals surface area contributed by atoms with E-state index < -0.39 is 0 Å². The van der Waals surface area contributed by atoms with Crippen molar-refractivity contribution in [3.05, 3.63) is 53.9 Å². The molecule has 116 valence electrons. The molecule has 0 saturated heterocycles. The van der Waals surface area contributed by atoms with Crippen LogP contribution in [-0.2, 0) is 6.54 Å². The SMILES string of the molecule is CCn1cc(C(=O)N(C)[C@@H]2CCC[C@@H]2c2ccccc2)cn1. The number of carbonyl (C=O) groups excluding carboxylic acids is 1. The zero-order valence-corrected chi connectivity index (χ0v) is 13.3. The quantitative estimate of drug-likeness (QED) is 0.868. The highest BCUT2D eigenvalue weighted by molar-refractivity contribution is 5.93. The highest BCUT2D eigenvalue weighted by atomic mass is 16.2. The summed E-state index contributed by atoms with van der Waals surface area (Å²) in [4.78, 5) is 14.6. The molecule has 4 nitrogen and oxygen atoms in total. The van der Waals surface area contributed by atoms with Gasteiger partial charge in [-0.1, -0.05) is 36.8 Å². The fourth-order valence-electron chi connectivity index (χ4n) is 3.49. The van der Waals surface area contributed by atoms with Crippen LogP contribution in [0.1, 0.15) is 48.0 Å². The monoisotopic (exact) mass is 297 g/mol. The number of carbonyl (C=O) groups is 1. The van der Waals surface area contributed by atoms with Crippen LogP contribution in [0.3, 0.4) is 0 Å². The Morgan fingerprint density at radius 1 is 1.32 bits per heavy atom. The van der Waals surface area contributed by atoms with E-state index in [1.807, 2.05) is 31.1 Å². The molecular formula is C18H23N3O. The maximum absolute atomic E-state index is 12.7. The maximum Gasteiger partial charge on any atom is 0.257 e. The Morgan fingerprint density at radius 3 is 2.77 bits per heavy atom. The van der Waals surface area contributed by atoms with E-state index in [1.165, 1.54) is 12.0 Å². The third-order valence-corrected chi connectivity index (χ3v) is 4.73. The molecule has 0 spiro atoms. The summed E-state index contributed by atoms with van der Waals surface area (Å²) >= 11 is 0. The first-order valence-corrected chi connectivity index (χ1v) is 8.05. The molecule has 1 aromatic heterocycles. The molecule has 0 bridgehead atoms. The Labute approximate surface area is 131 Å². The molecule has 1 saturated carbocycles. The zero-order chi connectivity index (χ0) is 15.5. The summed E-state index contributed by atoms with van der Waals surface area (Å²) in [5.74, 6) is 0.518. The molecule has 22 heavy (non-hydrogen) atoms. The Balaban J connectivity index is 1.78. The van der Waals surface area contributed by atoms with Crippen molar-refractivity contribution in [2.24, 2.45) is 0 Å². The van der Waals surface area contributed by atoms with Crippen LogP contribution in [0.2, 0.25) is 0 Å². The number of nitrogens with zero attached hydrogens (tertiary/aromatic N) is 3. The van der Waals surface area contributed by atoms with Gasteiger partial charge in [0.25, 0.3) is 5.91 Å². The Bertz CT molecular complexity index is 635. The topological polar surface area (TPSA) is 38.1 Å². The molecule has 2 atom stereocenters. The largest absolute Gasteiger partial charge is 0.338 e. The second kappa shape index (κ2) is 6.34. The predicted molar refractivity (Wildman–Crippen MR) is 86.8 cm³/mol. The molecule has 1 heterocycles. The molecule has 1 fully saturated rings. The number of hydrogen-bond donors (Lipinski definition) is 0. The number of benzene rings is 1. The van der Waals surface area contributed by atoms with E-state index in [0.717, 1.165) is 19.4 Å². The van der Waals surface area contributed by atoms with E-state index >= 15 is 0 Å². The molecule has 1 aliphatic rings. The van der Waals surface area contributed by atoms with E-state index in [9.17, 15) is 4.79 Å². The summed E-state index contributed by atoms with van der Waals surface area (Å²) in [6, 6.07) is 10.8. The summed E-state index contributed by atoms with van der Waals surface area (Å²) in [7, 11) is 1.93. The molecule has 1 aromatic carbocycles. The van der Waals surface area contributed by atoms with Crippen molar-refractivity contribution in [1.82, 2.24) is 14.7 Å². The number of rotatable bonds is 4. The van der Waals surface area contributed by atoms with E-state index in [-0.39, 0.29) is 11.9 Å². The molecule has 0 N–H and O–H groups in total. The molecule has 1 amide bonds. The van der Waals surface area contributed by atoms with Gasteiger partial charge in [0.15, 0.2) is 0 Å². The number of hydrogen-bond acceptors (Lipinski definition) is 2. The first-order valence-electron chi connectivity index (χ1n) is 8.05. The molecular weight excluding hydrogens is 274 g/mol. The van der Waals surface area contributed by atoms with Crippen LogP contribution in [0.25, 0.3) is 0 Å². The Morgan fingerprint density at radius 2 is 2.09 bits per heavy atom. The molecule has 1 aliphatic carbocycles. The lowest BCUT2D eigenvalue weighted by atomic mass is 9.93. The molecule has 2 aromatic rings. The highest BCUT2D eigenvalue weighted by Crippen LogP contribution is 2.37. The minimum atomic E-state index is 0.0764.